The van der Waals surface area contributed by atoms with E-state index in [2.05, 4.69) is 67.2 Å². The third kappa shape index (κ3) is 12.0. The van der Waals surface area contributed by atoms with Crippen molar-refractivity contribution in [2.45, 2.75) is 95.4 Å². The van der Waals surface area contributed by atoms with Gasteiger partial charge >= 0.3 is 0 Å². The molecule has 0 radical (unpaired) electrons. The van der Waals surface area contributed by atoms with E-state index >= 15 is 0 Å². The van der Waals surface area contributed by atoms with Crippen molar-refractivity contribution in [2.75, 3.05) is 0 Å². The van der Waals surface area contributed by atoms with Crippen LogP contribution in [0, 0.1) is 0 Å². The lowest BCUT2D eigenvalue weighted by Crippen LogP contribution is -2.37. The summed E-state index contributed by atoms with van der Waals surface area (Å²) in [5.74, 6) is 0. The highest BCUT2D eigenvalue weighted by Crippen LogP contribution is 2.15. The molecular weight excluding hydrogens is 466 g/mol. The molecule has 1 unspecified atom stereocenters. The number of aromatic nitrogens is 1. The second-order valence-electron chi connectivity index (χ2n) is 9.44. The van der Waals surface area contributed by atoms with E-state index in [0.717, 1.165) is 18.4 Å². The van der Waals surface area contributed by atoms with Gasteiger partial charge < -0.3 is 4.55 Å². The van der Waals surface area contributed by atoms with Crippen molar-refractivity contribution < 1.29 is 17.5 Å². The minimum absolute atomic E-state index is 0.140. The fourth-order valence-electron chi connectivity index (χ4n) is 4.21. The van der Waals surface area contributed by atoms with E-state index in [1.165, 1.54) is 75.5 Å². The molecule has 1 heterocycles. The molecule has 0 N–H and O–H groups in total. The molecule has 4 nitrogen and oxygen atoms in total. The first-order valence-electron chi connectivity index (χ1n) is 13.5. The quantitative estimate of drug-likeness (QED) is 0.127. The highest BCUT2D eigenvalue weighted by Gasteiger charge is 2.12. The second-order valence-corrected chi connectivity index (χ2v) is 10.8. The third-order valence-corrected chi connectivity index (χ3v) is 7.35. The molecular formula is C31H43NO3S. The number of unbranched alkanes of at least 4 members (excludes halogenated alkanes) is 9. The SMILES string of the molecule is CC(c1ccccc1)[n+]1ccccc1.CCCCCCCCCCCCc1ccc(S(=O)(=O)[O-])cc1. The maximum Gasteiger partial charge on any atom is 0.180 e. The fourth-order valence-corrected chi connectivity index (χ4v) is 4.68. The predicted molar refractivity (Wildman–Crippen MR) is 147 cm³/mol. The highest BCUT2D eigenvalue weighted by atomic mass is 32.2. The molecule has 0 saturated heterocycles. The third-order valence-electron chi connectivity index (χ3n) is 6.50. The minimum Gasteiger partial charge on any atom is -0.744 e. The Morgan fingerprint density at radius 2 is 1.19 bits per heavy atom. The number of pyridine rings is 1. The van der Waals surface area contributed by atoms with Crippen LogP contribution in [0.5, 0.6) is 0 Å². The lowest BCUT2D eigenvalue weighted by molar-refractivity contribution is -0.710. The summed E-state index contributed by atoms with van der Waals surface area (Å²) in [7, 11) is -4.31. The van der Waals surface area contributed by atoms with Crippen molar-refractivity contribution in [2.24, 2.45) is 0 Å². The first-order chi connectivity index (χ1) is 17.4. The molecule has 0 spiro atoms. The largest absolute Gasteiger partial charge is 0.744 e. The van der Waals surface area contributed by atoms with Crippen molar-refractivity contribution in [1.29, 1.82) is 0 Å². The van der Waals surface area contributed by atoms with Crippen LogP contribution in [0.3, 0.4) is 0 Å². The molecule has 3 rings (SSSR count). The average Bonchev–Trinajstić information content (AvgIpc) is 2.90. The standard InChI is InChI=1S/C18H30O3S.C13H14N/c1-2-3-4-5-6-7-8-9-10-11-12-17-13-15-18(16-14-17)22(19,20)21;1-12(13-8-4-2-5-9-13)14-10-6-3-7-11-14/h13-16H,2-12H2,1H3,(H,19,20,21);2-12H,1H3/q;+1/p-1. The van der Waals surface area contributed by atoms with Crippen molar-refractivity contribution in [3.63, 3.8) is 0 Å². The highest BCUT2D eigenvalue weighted by molar-refractivity contribution is 7.85. The van der Waals surface area contributed by atoms with Gasteiger partial charge in [0.05, 0.1) is 4.90 Å². The van der Waals surface area contributed by atoms with Gasteiger partial charge in [0.2, 0.25) is 0 Å². The van der Waals surface area contributed by atoms with Gasteiger partial charge in [-0.3, -0.25) is 0 Å². The summed E-state index contributed by atoms with van der Waals surface area (Å²) >= 11 is 0. The molecule has 1 aromatic heterocycles. The lowest BCUT2D eigenvalue weighted by atomic mass is 10.0. The molecule has 3 aromatic rings. The van der Waals surface area contributed by atoms with E-state index < -0.39 is 10.1 Å². The Kier molecular flexibility index (Phi) is 14.1. The molecule has 0 aliphatic rings. The Hall–Kier alpha value is -2.50. The first kappa shape index (κ1) is 29.7. The van der Waals surface area contributed by atoms with Crippen LogP contribution >= 0.6 is 0 Å². The summed E-state index contributed by atoms with van der Waals surface area (Å²) in [6.07, 6.45) is 18.2. The summed E-state index contributed by atoms with van der Waals surface area (Å²) in [4.78, 5) is -0.140. The maximum atomic E-state index is 10.8. The summed E-state index contributed by atoms with van der Waals surface area (Å²) in [6, 6.07) is 23.4. The molecule has 1 atom stereocenters. The number of hydrogen-bond acceptors (Lipinski definition) is 3. The van der Waals surface area contributed by atoms with Crippen LogP contribution in [-0.4, -0.2) is 13.0 Å². The topological polar surface area (TPSA) is 61.1 Å². The molecule has 0 fully saturated rings. The smallest absolute Gasteiger partial charge is 0.180 e. The van der Waals surface area contributed by atoms with E-state index in [-0.39, 0.29) is 4.90 Å². The molecule has 0 aliphatic heterocycles. The van der Waals surface area contributed by atoms with Gasteiger partial charge in [0.1, 0.15) is 10.1 Å². The fraction of sp³-hybridized carbons (Fsp3) is 0.452. The zero-order chi connectivity index (χ0) is 26.1. The summed E-state index contributed by atoms with van der Waals surface area (Å²) < 4.78 is 34.7. The van der Waals surface area contributed by atoms with Crippen LogP contribution in [0.15, 0.2) is 90.1 Å². The Bertz CT molecular complexity index is 1010. The van der Waals surface area contributed by atoms with Gasteiger partial charge in [-0.1, -0.05) is 113 Å². The molecule has 0 aliphatic carbocycles. The maximum absolute atomic E-state index is 10.8. The van der Waals surface area contributed by atoms with Crippen molar-refractivity contribution in [3.05, 3.63) is 96.3 Å². The van der Waals surface area contributed by atoms with Crippen molar-refractivity contribution in [1.82, 2.24) is 0 Å². The van der Waals surface area contributed by atoms with Gasteiger partial charge in [0.15, 0.2) is 18.4 Å². The van der Waals surface area contributed by atoms with Gasteiger partial charge in [0.25, 0.3) is 0 Å². The zero-order valence-electron chi connectivity index (χ0n) is 22.0. The van der Waals surface area contributed by atoms with Gasteiger partial charge in [-0.2, -0.15) is 4.57 Å². The lowest BCUT2D eigenvalue weighted by Gasteiger charge is -2.08. The first-order valence-corrected chi connectivity index (χ1v) is 14.9. The van der Waals surface area contributed by atoms with Crippen LogP contribution in [-0.2, 0) is 16.5 Å². The monoisotopic (exact) mass is 509 g/mol. The van der Waals surface area contributed by atoms with E-state index in [0.29, 0.717) is 6.04 Å². The van der Waals surface area contributed by atoms with Crippen LogP contribution < -0.4 is 4.57 Å². The molecule has 196 valence electrons. The van der Waals surface area contributed by atoms with E-state index in [1.54, 1.807) is 12.1 Å². The molecule has 0 saturated carbocycles. The Morgan fingerprint density at radius 1 is 0.694 bits per heavy atom. The number of hydrogen-bond donors (Lipinski definition) is 0. The second kappa shape index (κ2) is 17.0. The van der Waals surface area contributed by atoms with E-state index in [9.17, 15) is 13.0 Å². The Morgan fingerprint density at radius 3 is 1.72 bits per heavy atom. The minimum atomic E-state index is -4.31. The Labute approximate surface area is 219 Å². The summed E-state index contributed by atoms with van der Waals surface area (Å²) in [5.41, 5.74) is 2.44. The summed E-state index contributed by atoms with van der Waals surface area (Å²) in [6.45, 7) is 4.45. The number of nitrogens with zero attached hydrogens (tertiary/aromatic N) is 1. The number of aryl methyl sites for hydroxylation is 1. The van der Waals surface area contributed by atoms with Gasteiger partial charge in [-0.15, -0.1) is 0 Å². The van der Waals surface area contributed by atoms with Crippen LogP contribution in [0.4, 0.5) is 0 Å². The zero-order valence-corrected chi connectivity index (χ0v) is 22.8. The molecule has 0 bridgehead atoms. The van der Waals surface area contributed by atoms with Gasteiger partial charge in [0, 0.05) is 24.6 Å². The molecule has 2 aromatic carbocycles. The normalized spacial score (nSPS) is 12.0. The van der Waals surface area contributed by atoms with E-state index in [4.69, 9.17) is 0 Å². The number of benzene rings is 2. The van der Waals surface area contributed by atoms with Gasteiger partial charge in [-0.05, 0) is 30.5 Å². The number of rotatable bonds is 14. The van der Waals surface area contributed by atoms with Crippen LogP contribution in [0.2, 0.25) is 0 Å². The molecule has 0 amide bonds. The Balaban J connectivity index is 0.000000278. The summed E-state index contributed by atoms with van der Waals surface area (Å²) in [5, 5.41) is 0. The average molecular weight is 510 g/mol. The predicted octanol–water partition coefficient (Wildman–Crippen LogP) is 7.64. The van der Waals surface area contributed by atoms with Gasteiger partial charge in [-0.25, -0.2) is 8.42 Å². The molecule has 36 heavy (non-hydrogen) atoms. The van der Waals surface area contributed by atoms with E-state index in [1.807, 2.05) is 12.1 Å². The van der Waals surface area contributed by atoms with Crippen molar-refractivity contribution >= 4 is 10.1 Å². The van der Waals surface area contributed by atoms with Crippen LogP contribution in [0.1, 0.15) is 95.2 Å². The molecule has 5 heteroatoms. The van der Waals surface area contributed by atoms with Crippen molar-refractivity contribution in [3.8, 4) is 0 Å². The van der Waals surface area contributed by atoms with Crippen LogP contribution in [0.25, 0.3) is 0 Å².